The average molecular weight is 409 g/mol. The third kappa shape index (κ3) is 4.91. The fourth-order valence-corrected chi connectivity index (χ4v) is 3.46. The van der Waals surface area contributed by atoms with Crippen molar-refractivity contribution in [3.05, 3.63) is 24.8 Å². The molecule has 1 saturated heterocycles. The first-order valence-corrected chi connectivity index (χ1v) is 9.02. The number of nitrogens with two attached hydrogens (primary N) is 1. The Bertz CT molecular complexity index is 997. The van der Waals surface area contributed by atoms with Crippen LogP contribution in [-0.4, -0.2) is 38.8 Å². The summed E-state index contributed by atoms with van der Waals surface area (Å²) in [6.45, 7) is 0.0573. The van der Waals surface area contributed by atoms with E-state index in [4.69, 9.17) is 10.5 Å². The molecule has 2 unspecified atom stereocenters. The number of fused-ring (bicyclic) bond motifs is 3. The van der Waals surface area contributed by atoms with Crippen molar-refractivity contribution in [1.29, 1.82) is 0 Å². The maximum Gasteiger partial charge on any atom is 1.00 e. The van der Waals surface area contributed by atoms with Gasteiger partial charge in [-0.05, 0) is 18.6 Å². The van der Waals surface area contributed by atoms with E-state index in [9.17, 15) is 14.4 Å². The molecule has 27 heavy (non-hydrogen) atoms. The Morgan fingerprint density at radius 2 is 2.07 bits per heavy atom. The second-order valence-electron chi connectivity index (χ2n) is 5.83. The first-order valence-electron chi connectivity index (χ1n) is 7.56. The van der Waals surface area contributed by atoms with Crippen LogP contribution in [0.1, 0.15) is 12.5 Å². The molecule has 0 aliphatic carbocycles. The zero-order valence-electron chi connectivity index (χ0n) is 14.9. The van der Waals surface area contributed by atoms with Gasteiger partial charge >= 0.3 is 59.1 Å². The quantitative estimate of drug-likeness (QED) is 0.328. The van der Waals surface area contributed by atoms with Crippen LogP contribution in [0.25, 0.3) is 21.9 Å². The molecule has 2 N–H and O–H groups in total. The van der Waals surface area contributed by atoms with Crippen molar-refractivity contribution < 1.29 is 82.7 Å². The van der Waals surface area contributed by atoms with Crippen molar-refractivity contribution in [2.24, 2.45) is 0 Å². The fourth-order valence-electron chi connectivity index (χ4n) is 3.11. The van der Waals surface area contributed by atoms with Crippen LogP contribution < -0.4 is 74.6 Å². The van der Waals surface area contributed by atoms with E-state index >= 15 is 0 Å². The van der Waals surface area contributed by atoms with E-state index in [1.54, 1.807) is 6.33 Å². The number of aromatic nitrogens is 4. The van der Waals surface area contributed by atoms with Gasteiger partial charge < -0.3 is 33.9 Å². The van der Waals surface area contributed by atoms with Crippen LogP contribution in [0.2, 0.25) is 0 Å². The van der Waals surface area contributed by atoms with E-state index in [-0.39, 0.29) is 71.8 Å². The monoisotopic (exact) mass is 409 g/mol. The third-order valence-electron chi connectivity index (χ3n) is 4.24. The van der Waals surface area contributed by atoms with Gasteiger partial charge in [-0.1, -0.05) is 0 Å². The largest absolute Gasteiger partial charge is 1.00 e. The van der Waals surface area contributed by atoms with Gasteiger partial charge in [0, 0.05) is 5.39 Å². The van der Waals surface area contributed by atoms with E-state index in [0.717, 1.165) is 16.4 Å². The number of benzene rings is 1. The molecular formula is C14H14N5Na2O5P. The van der Waals surface area contributed by atoms with E-state index in [2.05, 4.69) is 19.5 Å². The van der Waals surface area contributed by atoms with Gasteiger partial charge in [0.1, 0.15) is 17.7 Å². The maximum atomic E-state index is 10.6. The van der Waals surface area contributed by atoms with Crippen molar-refractivity contribution in [3.63, 3.8) is 0 Å². The number of phosphoric ester groups is 1. The molecule has 0 amide bonds. The Kier molecular flexibility index (Phi) is 7.85. The molecule has 3 aromatic rings. The molecule has 4 rings (SSSR count). The summed E-state index contributed by atoms with van der Waals surface area (Å²) in [5.41, 5.74) is 8.16. The summed E-state index contributed by atoms with van der Waals surface area (Å²) < 4.78 is 22.4. The summed E-state index contributed by atoms with van der Waals surface area (Å²) in [5, 5.41) is 0.731. The molecular weight excluding hydrogens is 395 g/mol. The Labute approximate surface area is 198 Å². The number of imidazole rings is 1. The molecule has 3 heterocycles. The fraction of sp³-hybridized carbons (Fsp3) is 0.357. The predicted octanol–water partition coefficient (Wildman–Crippen LogP) is -6.25. The van der Waals surface area contributed by atoms with Crippen LogP contribution >= 0.6 is 7.82 Å². The molecule has 2 aromatic heterocycles. The van der Waals surface area contributed by atoms with Crippen LogP contribution in [0.15, 0.2) is 24.8 Å². The first kappa shape index (κ1) is 23.2. The third-order valence-corrected chi connectivity index (χ3v) is 4.71. The van der Waals surface area contributed by atoms with Crippen molar-refractivity contribution in [3.8, 4) is 0 Å². The minimum Gasteiger partial charge on any atom is -0.790 e. The van der Waals surface area contributed by atoms with Gasteiger partial charge in [0.2, 0.25) is 0 Å². The van der Waals surface area contributed by atoms with Crippen molar-refractivity contribution in [2.45, 2.75) is 18.6 Å². The van der Waals surface area contributed by atoms with Crippen molar-refractivity contribution in [2.75, 3.05) is 18.9 Å². The molecule has 2 atom stereocenters. The van der Waals surface area contributed by atoms with Crippen molar-refractivity contribution in [1.82, 2.24) is 19.5 Å². The molecule has 10 nitrogen and oxygen atoms in total. The predicted molar refractivity (Wildman–Crippen MR) is 84.2 cm³/mol. The minimum absolute atomic E-state index is 0. The number of hydrogen-bond donors (Lipinski definition) is 1. The summed E-state index contributed by atoms with van der Waals surface area (Å²) in [4.78, 5) is 33.9. The van der Waals surface area contributed by atoms with Gasteiger partial charge in [-0.25, -0.2) is 15.0 Å². The molecule has 0 saturated carbocycles. The smallest absolute Gasteiger partial charge is 0.790 e. The molecule has 0 radical (unpaired) electrons. The second-order valence-corrected chi connectivity index (χ2v) is 6.98. The SMILES string of the molecule is Nc1ncnc2c1ccc1ncn(C3COC(COP(=O)([O-])[O-])C3)c12.[Na+].[Na+]. The number of nitrogen functional groups attached to an aromatic ring is 1. The number of nitrogens with zero attached hydrogens (tertiary/aromatic N) is 4. The maximum absolute atomic E-state index is 10.6. The van der Waals surface area contributed by atoms with Gasteiger partial charge in [0.15, 0.2) is 0 Å². The Balaban J connectivity index is 0.00000131. The van der Waals surface area contributed by atoms with Gasteiger partial charge in [-0.15, -0.1) is 0 Å². The van der Waals surface area contributed by atoms with Gasteiger partial charge in [0.05, 0.1) is 50.5 Å². The molecule has 1 aliphatic rings. The zero-order valence-corrected chi connectivity index (χ0v) is 19.8. The minimum atomic E-state index is -5.01. The van der Waals surface area contributed by atoms with Crippen LogP contribution in [0, 0.1) is 0 Å². The standard InChI is InChI=1S/C14H16N5O5P.2Na/c15-14-10-1-2-11-13(12(10)16-6-17-14)19(7-18-11)8-3-9(23-4-8)5-24-25(20,21)22;;/h1-2,6-9H,3-5H2,(H2,15,16,17)(H2,20,21,22);;/q;2*+1/p-2. The van der Waals surface area contributed by atoms with Crippen molar-refractivity contribution >= 4 is 35.6 Å². The van der Waals surface area contributed by atoms with E-state index < -0.39 is 13.9 Å². The Morgan fingerprint density at radius 3 is 2.81 bits per heavy atom. The number of anilines is 1. The number of ether oxygens (including phenoxy) is 1. The Hall–Kier alpha value is -0.100. The summed E-state index contributed by atoms with van der Waals surface area (Å²) in [5.74, 6) is 0.384. The van der Waals surface area contributed by atoms with Crippen LogP contribution in [0.4, 0.5) is 5.82 Å². The molecule has 0 spiro atoms. The number of hydrogen-bond acceptors (Lipinski definition) is 9. The van der Waals surface area contributed by atoms with Crippen LogP contribution in [-0.2, 0) is 13.8 Å². The zero-order chi connectivity index (χ0) is 17.6. The molecule has 13 heteroatoms. The molecule has 1 aromatic carbocycles. The van der Waals surface area contributed by atoms with E-state index in [1.165, 1.54) is 6.33 Å². The molecule has 132 valence electrons. The Morgan fingerprint density at radius 1 is 1.30 bits per heavy atom. The normalized spacial score (nSPS) is 19.8. The number of rotatable bonds is 4. The average Bonchev–Trinajstić information content (AvgIpc) is 3.19. The summed E-state index contributed by atoms with van der Waals surface area (Å²) in [7, 11) is -5.01. The molecule has 1 fully saturated rings. The topological polar surface area (TPSA) is 151 Å². The summed E-state index contributed by atoms with van der Waals surface area (Å²) in [6, 6.07) is 3.58. The van der Waals surface area contributed by atoms with Crippen LogP contribution in [0.3, 0.4) is 0 Å². The molecule has 1 aliphatic heterocycles. The first-order chi connectivity index (χ1) is 11.9. The summed E-state index contributed by atoms with van der Waals surface area (Å²) in [6.07, 6.45) is 3.10. The van der Waals surface area contributed by atoms with Gasteiger partial charge in [-0.3, -0.25) is 0 Å². The van der Waals surface area contributed by atoms with Gasteiger partial charge in [0.25, 0.3) is 0 Å². The van der Waals surface area contributed by atoms with Crippen LogP contribution in [0.5, 0.6) is 0 Å². The molecule has 0 bridgehead atoms. The van der Waals surface area contributed by atoms with Gasteiger partial charge in [-0.2, -0.15) is 0 Å². The number of phosphoric acid groups is 1. The van der Waals surface area contributed by atoms with E-state index in [1.807, 2.05) is 16.7 Å². The summed E-state index contributed by atoms with van der Waals surface area (Å²) >= 11 is 0. The van der Waals surface area contributed by atoms with E-state index in [0.29, 0.717) is 24.4 Å². The second kappa shape index (κ2) is 9.15.